The lowest BCUT2D eigenvalue weighted by molar-refractivity contribution is -0.385. The molecule has 0 saturated carbocycles. The van der Waals surface area contributed by atoms with Gasteiger partial charge in [0.1, 0.15) is 17.7 Å². The van der Waals surface area contributed by atoms with Crippen LogP contribution in [0.15, 0.2) is 35.9 Å². The summed E-state index contributed by atoms with van der Waals surface area (Å²) in [6.45, 7) is 1.88. The van der Waals surface area contributed by atoms with E-state index in [9.17, 15) is 35.5 Å². The number of nitriles is 2. The number of benzene rings is 2. The molecule has 0 aromatic heterocycles. The van der Waals surface area contributed by atoms with Gasteiger partial charge in [-0.1, -0.05) is 6.92 Å². The summed E-state index contributed by atoms with van der Waals surface area (Å²) < 4.78 is 5.15. The van der Waals surface area contributed by atoms with E-state index < -0.39 is 21.5 Å². The highest BCUT2D eigenvalue weighted by Crippen LogP contribution is 2.49. The molecule has 0 saturated heterocycles. The van der Waals surface area contributed by atoms with Crippen molar-refractivity contribution in [2.24, 2.45) is 0 Å². The zero-order valence-corrected chi connectivity index (χ0v) is 15.5. The first kappa shape index (κ1) is 20.2. The number of nitro benzene ring substituents is 2. The van der Waals surface area contributed by atoms with Gasteiger partial charge in [-0.05, 0) is 29.2 Å². The first-order valence-electron chi connectivity index (χ1n) is 8.67. The lowest BCUT2D eigenvalue weighted by Gasteiger charge is -2.09. The first-order valence-corrected chi connectivity index (χ1v) is 8.67. The topological polar surface area (TPSA) is 160 Å². The average Bonchev–Trinajstić information content (AvgIpc) is 3.06. The maximum absolute atomic E-state index is 12.6. The van der Waals surface area contributed by atoms with Crippen molar-refractivity contribution in [2.75, 3.05) is 6.61 Å². The van der Waals surface area contributed by atoms with E-state index in [0.29, 0.717) is 12.0 Å². The lowest BCUT2D eigenvalue weighted by Crippen LogP contribution is -2.09. The van der Waals surface area contributed by atoms with E-state index in [2.05, 4.69) is 0 Å². The molecule has 148 valence electrons. The molecule has 0 aliphatic heterocycles. The average molecular weight is 404 g/mol. The zero-order valence-electron chi connectivity index (χ0n) is 15.5. The molecule has 0 amide bonds. The fourth-order valence-corrected chi connectivity index (χ4v) is 3.27. The number of carbonyl (C=O) groups is 1. The summed E-state index contributed by atoms with van der Waals surface area (Å²) in [6, 6.07) is 9.41. The molecule has 0 radical (unpaired) electrons. The molecule has 2 aromatic carbocycles. The summed E-state index contributed by atoms with van der Waals surface area (Å²) in [5, 5.41) is 41.5. The van der Waals surface area contributed by atoms with Gasteiger partial charge in [0.05, 0.1) is 22.0 Å². The van der Waals surface area contributed by atoms with Gasteiger partial charge in [0.25, 0.3) is 11.4 Å². The smallest absolute Gasteiger partial charge is 0.339 e. The summed E-state index contributed by atoms with van der Waals surface area (Å²) in [5.41, 5.74) is -0.398. The Kier molecular flexibility index (Phi) is 5.25. The Labute approximate surface area is 169 Å². The van der Waals surface area contributed by atoms with Crippen molar-refractivity contribution in [1.29, 1.82) is 10.5 Å². The van der Waals surface area contributed by atoms with Gasteiger partial charge >= 0.3 is 5.97 Å². The third-order valence-electron chi connectivity index (χ3n) is 4.49. The predicted octanol–water partition coefficient (Wildman–Crippen LogP) is 3.90. The van der Waals surface area contributed by atoms with Gasteiger partial charge in [-0.3, -0.25) is 20.2 Å². The molecular formula is C20H12N4O6. The van der Waals surface area contributed by atoms with Crippen LogP contribution in [0.5, 0.6) is 0 Å². The number of ether oxygens (including phenoxy) is 1. The Hall–Kier alpha value is -4.57. The quantitative estimate of drug-likeness (QED) is 0.268. The van der Waals surface area contributed by atoms with Crippen LogP contribution in [0.1, 0.15) is 34.8 Å². The van der Waals surface area contributed by atoms with Crippen LogP contribution >= 0.6 is 0 Å². The molecule has 0 atom stereocenters. The highest BCUT2D eigenvalue weighted by molar-refractivity contribution is 6.11. The van der Waals surface area contributed by atoms with Crippen LogP contribution in [0.25, 0.3) is 16.7 Å². The van der Waals surface area contributed by atoms with Crippen LogP contribution in [0.2, 0.25) is 0 Å². The normalized spacial score (nSPS) is 11.0. The highest BCUT2D eigenvalue weighted by atomic mass is 16.6. The van der Waals surface area contributed by atoms with Crippen LogP contribution < -0.4 is 0 Å². The number of rotatable bonds is 5. The Bertz CT molecular complexity index is 1220. The Morgan fingerprint density at radius 1 is 1.00 bits per heavy atom. The molecule has 0 fully saturated rings. The minimum absolute atomic E-state index is 0.00180. The second-order valence-electron chi connectivity index (χ2n) is 6.27. The van der Waals surface area contributed by atoms with Gasteiger partial charge < -0.3 is 4.74 Å². The molecule has 0 bridgehead atoms. The molecular weight excluding hydrogens is 392 g/mol. The monoisotopic (exact) mass is 404 g/mol. The van der Waals surface area contributed by atoms with Crippen LogP contribution in [0.3, 0.4) is 0 Å². The molecule has 10 nitrogen and oxygen atoms in total. The summed E-state index contributed by atoms with van der Waals surface area (Å²) in [6.07, 6.45) is 0.532. The number of allylic oxidation sites excluding steroid dienone is 1. The summed E-state index contributed by atoms with van der Waals surface area (Å²) in [4.78, 5) is 34.0. The van der Waals surface area contributed by atoms with E-state index in [4.69, 9.17) is 4.74 Å². The number of nitrogens with zero attached hydrogens (tertiary/aromatic N) is 4. The van der Waals surface area contributed by atoms with E-state index in [-0.39, 0.29) is 45.7 Å². The van der Waals surface area contributed by atoms with E-state index in [1.165, 1.54) is 18.2 Å². The SMILES string of the molecule is CCCOC(=O)c1cc([N+](=O)[O-])cc2c1-c1ccc([N+](=O)[O-])cc1C2=C(C#N)C#N. The molecule has 0 spiro atoms. The van der Waals surface area contributed by atoms with Gasteiger partial charge in [-0.2, -0.15) is 10.5 Å². The van der Waals surface area contributed by atoms with E-state index in [1.807, 2.05) is 0 Å². The maximum Gasteiger partial charge on any atom is 0.339 e. The van der Waals surface area contributed by atoms with Crippen LogP contribution in [-0.2, 0) is 4.74 Å². The van der Waals surface area contributed by atoms with Crippen LogP contribution in [0.4, 0.5) is 11.4 Å². The van der Waals surface area contributed by atoms with E-state index in [0.717, 1.165) is 12.1 Å². The fraction of sp³-hybridized carbons (Fsp3) is 0.150. The van der Waals surface area contributed by atoms with Gasteiger partial charge in [-0.15, -0.1) is 0 Å². The number of non-ortho nitro benzene ring substituents is 2. The number of fused-ring (bicyclic) bond motifs is 3. The molecule has 30 heavy (non-hydrogen) atoms. The standard InChI is InChI=1S/C20H12N4O6/c1-2-5-30-20(25)17-8-13(24(28)29)7-16-18(11(9-21)10-22)15-6-12(23(26)27)3-4-14(15)19(16)17/h3-4,6-8H,2,5H2,1H3. The number of nitro groups is 2. The van der Waals surface area contributed by atoms with Crippen molar-refractivity contribution in [3.05, 3.63) is 72.8 Å². The van der Waals surface area contributed by atoms with Crippen molar-refractivity contribution in [3.8, 4) is 23.3 Å². The van der Waals surface area contributed by atoms with Crippen molar-refractivity contribution in [2.45, 2.75) is 13.3 Å². The largest absolute Gasteiger partial charge is 0.462 e. The predicted molar refractivity (Wildman–Crippen MR) is 103 cm³/mol. The number of hydrogen-bond acceptors (Lipinski definition) is 8. The Balaban J connectivity index is 2.44. The Morgan fingerprint density at radius 2 is 1.63 bits per heavy atom. The number of carbonyl (C=O) groups excluding carboxylic acids is 1. The molecule has 10 heteroatoms. The van der Waals surface area contributed by atoms with Crippen LogP contribution in [-0.4, -0.2) is 22.4 Å². The molecule has 3 rings (SSSR count). The minimum atomic E-state index is -0.808. The minimum Gasteiger partial charge on any atom is -0.462 e. The maximum atomic E-state index is 12.6. The highest BCUT2D eigenvalue weighted by Gasteiger charge is 2.34. The van der Waals surface area contributed by atoms with Gasteiger partial charge in [-0.25, -0.2) is 4.79 Å². The summed E-state index contributed by atoms with van der Waals surface area (Å²) >= 11 is 0. The molecule has 1 aliphatic carbocycles. The van der Waals surface area contributed by atoms with Crippen molar-refractivity contribution < 1.29 is 19.4 Å². The van der Waals surface area contributed by atoms with Crippen LogP contribution in [0, 0.1) is 42.9 Å². The molecule has 2 aromatic rings. The second kappa shape index (κ2) is 7.81. The second-order valence-corrected chi connectivity index (χ2v) is 6.27. The summed E-state index contributed by atoms with van der Waals surface area (Å²) in [7, 11) is 0. The number of esters is 1. The molecule has 1 aliphatic rings. The first-order chi connectivity index (χ1) is 14.3. The zero-order chi connectivity index (χ0) is 22.0. The van der Waals surface area contributed by atoms with Gasteiger partial charge in [0, 0.05) is 35.4 Å². The summed E-state index contributed by atoms with van der Waals surface area (Å²) in [5.74, 6) is -0.808. The van der Waals surface area contributed by atoms with Gasteiger partial charge in [0.15, 0.2) is 0 Å². The lowest BCUT2D eigenvalue weighted by atomic mass is 9.96. The Morgan fingerprint density at radius 3 is 2.20 bits per heavy atom. The third kappa shape index (κ3) is 3.23. The van der Waals surface area contributed by atoms with E-state index >= 15 is 0 Å². The molecule has 0 heterocycles. The number of hydrogen-bond donors (Lipinski definition) is 0. The van der Waals surface area contributed by atoms with Crippen molar-refractivity contribution in [3.63, 3.8) is 0 Å². The fourth-order valence-electron chi connectivity index (χ4n) is 3.27. The molecule has 0 unspecified atom stereocenters. The van der Waals surface area contributed by atoms with Crippen molar-refractivity contribution >= 4 is 22.9 Å². The van der Waals surface area contributed by atoms with Gasteiger partial charge in [0.2, 0.25) is 0 Å². The van der Waals surface area contributed by atoms with Crippen molar-refractivity contribution in [1.82, 2.24) is 0 Å². The molecule has 0 N–H and O–H groups in total. The third-order valence-corrected chi connectivity index (χ3v) is 4.49. The van der Waals surface area contributed by atoms with E-state index in [1.54, 1.807) is 19.1 Å².